The number of likely N-dealkylation sites (tertiary alicyclic amines) is 1. The van der Waals surface area contributed by atoms with Crippen molar-refractivity contribution >= 4 is 24.1 Å². The van der Waals surface area contributed by atoms with Gasteiger partial charge in [-0.2, -0.15) is 0 Å². The Kier molecular flexibility index (Phi) is 7.87. The minimum atomic E-state index is -0.925. The summed E-state index contributed by atoms with van der Waals surface area (Å²) >= 11 is 0. The van der Waals surface area contributed by atoms with E-state index in [2.05, 4.69) is 29.2 Å². The molecule has 0 aliphatic carbocycles. The lowest BCUT2D eigenvalue weighted by atomic mass is 9.90. The van der Waals surface area contributed by atoms with Crippen LogP contribution in [0, 0.1) is 0 Å². The molecule has 0 atom stereocenters. The molecule has 1 heterocycles. The van der Waals surface area contributed by atoms with Gasteiger partial charge in [0.1, 0.15) is 0 Å². The Bertz CT molecular complexity index is 744. The number of halogens is 1. The van der Waals surface area contributed by atoms with Gasteiger partial charge >= 0.3 is 5.97 Å². The van der Waals surface area contributed by atoms with E-state index in [1.165, 1.54) is 5.56 Å². The minimum Gasteiger partial charge on any atom is -0.478 e. The topological polar surface area (TPSA) is 64.0 Å². The van der Waals surface area contributed by atoms with Crippen LogP contribution in [0.15, 0.2) is 54.6 Å². The molecule has 2 N–H and O–H groups in total. The third-order valence-corrected chi connectivity index (χ3v) is 5.43. The molecular weight excluding hydrogens is 376 g/mol. The van der Waals surface area contributed by atoms with Crippen LogP contribution >= 0.6 is 12.4 Å². The molecule has 3 rings (SSSR count). The van der Waals surface area contributed by atoms with Crippen molar-refractivity contribution in [1.29, 1.82) is 0 Å². The Labute approximate surface area is 173 Å². The van der Waals surface area contributed by atoms with Crippen LogP contribution in [0.1, 0.15) is 28.8 Å². The molecule has 28 heavy (non-hydrogen) atoms. The Hall–Kier alpha value is -2.08. The fourth-order valence-corrected chi connectivity index (χ4v) is 3.67. The first-order chi connectivity index (χ1) is 13.0. The number of benzene rings is 2. The number of rotatable bonds is 7. The zero-order chi connectivity index (χ0) is 19.3. The van der Waals surface area contributed by atoms with Crippen LogP contribution in [-0.4, -0.2) is 59.9 Å². The largest absolute Gasteiger partial charge is 0.478 e. The number of piperidine rings is 1. The lowest BCUT2D eigenvalue weighted by Gasteiger charge is -2.40. The molecule has 5 nitrogen and oxygen atoms in total. The van der Waals surface area contributed by atoms with Crippen LogP contribution in [0.5, 0.6) is 0 Å². The number of carboxylic acids is 1. The summed E-state index contributed by atoms with van der Waals surface area (Å²) in [4.78, 5) is 15.4. The minimum absolute atomic E-state index is 0. The Balaban J connectivity index is 0.00000280. The predicted octanol–water partition coefficient (Wildman–Crippen LogP) is 3.31. The fraction of sp³-hybridized carbons (Fsp3) is 0.409. The van der Waals surface area contributed by atoms with Gasteiger partial charge in [-0.3, -0.25) is 0 Å². The molecule has 1 fully saturated rings. The number of hydrogen-bond donors (Lipinski definition) is 2. The van der Waals surface area contributed by atoms with Crippen molar-refractivity contribution in [2.24, 2.45) is 0 Å². The normalized spacial score (nSPS) is 16.2. The molecule has 0 bridgehead atoms. The molecule has 0 aromatic heterocycles. The van der Waals surface area contributed by atoms with Crippen LogP contribution in [0.4, 0.5) is 5.69 Å². The Morgan fingerprint density at radius 1 is 1.07 bits per heavy atom. The molecule has 0 unspecified atom stereocenters. The molecule has 1 saturated heterocycles. The van der Waals surface area contributed by atoms with Gasteiger partial charge in [0.25, 0.3) is 0 Å². The summed E-state index contributed by atoms with van der Waals surface area (Å²) in [7, 11) is 1.94. The summed E-state index contributed by atoms with van der Waals surface area (Å²) in [6.45, 7) is 3.36. The van der Waals surface area contributed by atoms with E-state index in [9.17, 15) is 9.90 Å². The number of anilines is 1. The summed E-state index contributed by atoms with van der Waals surface area (Å²) in [5.41, 5.74) is 1.84. The highest BCUT2D eigenvalue weighted by Gasteiger charge is 2.33. The monoisotopic (exact) mass is 404 g/mol. The molecule has 2 aromatic rings. The van der Waals surface area contributed by atoms with Crippen molar-refractivity contribution in [3.05, 3.63) is 65.7 Å². The van der Waals surface area contributed by atoms with E-state index < -0.39 is 11.6 Å². The summed E-state index contributed by atoms with van der Waals surface area (Å²) in [5, 5.41) is 20.0. The van der Waals surface area contributed by atoms with E-state index in [1.54, 1.807) is 24.3 Å². The standard InChI is InChI=1S/C22H28N2O3.ClH/c1-23(20-9-7-19(8-10-20)21(25)26)17-22(27)12-15-24(16-13-22)14-11-18-5-3-2-4-6-18;/h2-10,27H,11-17H2,1H3,(H,25,26);1H. The predicted molar refractivity (Wildman–Crippen MR) is 115 cm³/mol. The molecule has 1 aliphatic heterocycles. The van der Waals surface area contributed by atoms with Gasteiger partial charge in [-0.1, -0.05) is 30.3 Å². The maximum Gasteiger partial charge on any atom is 0.335 e. The number of hydrogen-bond acceptors (Lipinski definition) is 4. The Morgan fingerprint density at radius 2 is 1.68 bits per heavy atom. The number of aromatic carboxylic acids is 1. The summed E-state index contributed by atoms with van der Waals surface area (Å²) < 4.78 is 0. The van der Waals surface area contributed by atoms with E-state index in [0.717, 1.165) is 44.6 Å². The molecule has 2 aromatic carbocycles. The van der Waals surface area contributed by atoms with Gasteiger partial charge < -0.3 is 20.0 Å². The molecule has 0 saturated carbocycles. The number of likely N-dealkylation sites (N-methyl/N-ethyl adjacent to an activating group) is 1. The molecule has 0 amide bonds. The maximum absolute atomic E-state index is 11.0. The van der Waals surface area contributed by atoms with E-state index in [-0.39, 0.29) is 18.0 Å². The molecule has 152 valence electrons. The zero-order valence-corrected chi connectivity index (χ0v) is 17.1. The lowest BCUT2D eigenvalue weighted by Crippen LogP contribution is -2.50. The summed E-state index contributed by atoms with van der Waals surface area (Å²) in [5.74, 6) is -0.925. The van der Waals surface area contributed by atoms with Gasteiger partial charge in [-0.25, -0.2) is 4.79 Å². The van der Waals surface area contributed by atoms with E-state index in [0.29, 0.717) is 6.54 Å². The Morgan fingerprint density at radius 3 is 2.25 bits per heavy atom. The van der Waals surface area contributed by atoms with Crippen LogP contribution in [-0.2, 0) is 6.42 Å². The molecule has 0 spiro atoms. The van der Waals surface area contributed by atoms with Crippen LogP contribution < -0.4 is 4.90 Å². The van der Waals surface area contributed by atoms with Gasteiger partial charge in [0.05, 0.1) is 11.2 Å². The van der Waals surface area contributed by atoms with E-state index in [4.69, 9.17) is 5.11 Å². The van der Waals surface area contributed by atoms with Crippen LogP contribution in [0.3, 0.4) is 0 Å². The van der Waals surface area contributed by atoms with Crippen molar-refractivity contribution < 1.29 is 15.0 Å². The van der Waals surface area contributed by atoms with Gasteiger partial charge in [0.2, 0.25) is 0 Å². The third-order valence-electron chi connectivity index (χ3n) is 5.43. The second kappa shape index (κ2) is 9.92. The first kappa shape index (κ1) is 22.2. The van der Waals surface area contributed by atoms with Crippen molar-refractivity contribution in [3.63, 3.8) is 0 Å². The quantitative estimate of drug-likeness (QED) is 0.741. The van der Waals surface area contributed by atoms with Crippen molar-refractivity contribution in [2.45, 2.75) is 24.9 Å². The van der Waals surface area contributed by atoms with Crippen LogP contribution in [0.25, 0.3) is 0 Å². The molecule has 1 aliphatic rings. The molecule has 6 heteroatoms. The summed E-state index contributed by atoms with van der Waals surface area (Å²) in [6.07, 6.45) is 2.54. The highest BCUT2D eigenvalue weighted by atomic mass is 35.5. The van der Waals surface area contributed by atoms with Crippen LogP contribution in [0.2, 0.25) is 0 Å². The van der Waals surface area contributed by atoms with Crippen molar-refractivity contribution in [3.8, 4) is 0 Å². The maximum atomic E-state index is 11.0. The van der Waals surface area contributed by atoms with Gasteiger partial charge in [-0.15, -0.1) is 12.4 Å². The number of carbonyl (C=O) groups is 1. The number of carboxylic acid groups (broad SMARTS) is 1. The van der Waals surface area contributed by atoms with Crippen molar-refractivity contribution in [1.82, 2.24) is 4.90 Å². The first-order valence-corrected chi connectivity index (χ1v) is 9.48. The zero-order valence-electron chi connectivity index (χ0n) is 16.3. The highest BCUT2D eigenvalue weighted by molar-refractivity contribution is 5.88. The lowest BCUT2D eigenvalue weighted by molar-refractivity contribution is -0.0137. The average molecular weight is 405 g/mol. The first-order valence-electron chi connectivity index (χ1n) is 9.48. The average Bonchev–Trinajstić information content (AvgIpc) is 2.68. The SMILES string of the molecule is CN(CC1(O)CCN(CCc2ccccc2)CC1)c1ccc(C(=O)O)cc1.Cl. The van der Waals surface area contributed by atoms with E-state index >= 15 is 0 Å². The van der Waals surface area contributed by atoms with Gasteiger partial charge in [0, 0.05) is 38.9 Å². The fourth-order valence-electron chi connectivity index (χ4n) is 3.67. The molecule has 0 radical (unpaired) electrons. The van der Waals surface area contributed by atoms with Gasteiger partial charge in [-0.05, 0) is 49.1 Å². The second-order valence-electron chi connectivity index (χ2n) is 7.51. The second-order valence-corrected chi connectivity index (χ2v) is 7.51. The highest BCUT2D eigenvalue weighted by Crippen LogP contribution is 2.25. The summed E-state index contributed by atoms with van der Waals surface area (Å²) in [6, 6.07) is 17.3. The number of aliphatic hydroxyl groups is 1. The number of nitrogens with zero attached hydrogens (tertiary/aromatic N) is 2. The third kappa shape index (κ3) is 5.96. The van der Waals surface area contributed by atoms with Crippen molar-refractivity contribution in [2.75, 3.05) is 38.1 Å². The van der Waals surface area contributed by atoms with E-state index in [1.807, 2.05) is 18.0 Å². The van der Waals surface area contributed by atoms with Gasteiger partial charge in [0.15, 0.2) is 0 Å². The molecular formula is C22H29ClN2O3. The smallest absolute Gasteiger partial charge is 0.335 e.